The number of hydrogen-bond donors (Lipinski definition) is 1. The molecule has 1 aromatic rings. The molecule has 1 aromatic carbocycles. The summed E-state index contributed by atoms with van der Waals surface area (Å²) in [5, 5.41) is 0. The topological polar surface area (TPSA) is 52.3 Å². The van der Waals surface area contributed by atoms with Crippen molar-refractivity contribution in [2.75, 3.05) is 7.11 Å². The van der Waals surface area contributed by atoms with E-state index in [0.717, 1.165) is 24.8 Å². The number of ether oxygens (including phenoxy) is 1. The van der Waals surface area contributed by atoms with Crippen molar-refractivity contribution in [2.45, 2.75) is 38.6 Å². The van der Waals surface area contributed by atoms with E-state index in [-0.39, 0.29) is 12.0 Å². The summed E-state index contributed by atoms with van der Waals surface area (Å²) in [6.07, 6.45) is 3.05. The first-order chi connectivity index (χ1) is 8.17. The molecular formula is C14H21NO2. The van der Waals surface area contributed by atoms with Gasteiger partial charge in [-0.1, -0.05) is 31.2 Å². The lowest BCUT2D eigenvalue weighted by Gasteiger charge is -2.12. The van der Waals surface area contributed by atoms with Crippen LogP contribution in [0.2, 0.25) is 0 Å². The molecule has 0 saturated heterocycles. The van der Waals surface area contributed by atoms with Crippen LogP contribution in [0.4, 0.5) is 0 Å². The van der Waals surface area contributed by atoms with E-state index in [9.17, 15) is 4.79 Å². The lowest BCUT2D eigenvalue weighted by atomic mass is 10.00. The van der Waals surface area contributed by atoms with E-state index in [1.165, 1.54) is 12.7 Å². The highest BCUT2D eigenvalue weighted by atomic mass is 16.5. The molecule has 0 radical (unpaired) electrons. The van der Waals surface area contributed by atoms with E-state index in [0.29, 0.717) is 6.42 Å². The van der Waals surface area contributed by atoms with Gasteiger partial charge in [0.05, 0.1) is 7.11 Å². The Hall–Kier alpha value is -1.35. The zero-order chi connectivity index (χ0) is 12.7. The molecule has 0 aliphatic carbocycles. The Balaban J connectivity index is 2.40. The Morgan fingerprint density at radius 1 is 1.35 bits per heavy atom. The molecule has 3 nitrogen and oxygen atoms in total. The number of hydrogen-bond acceptors (Lipinski definition) is 3. The lowest BCUT2D eigenvalue weighted by molar-refractivity contribution is -0.140. The van der Waals surface area contributed by atoms with Gasteiger partial charge in [-0.25, -0.2) is 0 Å². The number of esters is 1. The number of carbonyl (C=O) groups is 1. The van der Waals surface area contributed by atoms with E-state index < -0.39 is 0 Å². The van der Waals surface area contributed by atoms with Gasteiger partial charge in [-0.3, -0.25) is 4.79 Å². The molecule has 0 aromatic heterocycles. The second-order valence-corrected chi connectivity index (χ2v) is 4.17. The molecule has 3 heteroatoms. The molecule has 0 saturated carbocycles. The van der Waals surface area contributed by atoms with Crippen LogP contribution in [0.1, 0.15) is 43.4 Å². The van der Waals surface area contributed by atoms with Crippen LogP contribution in [0, 0.1) is 0 Å². The highest BCUT2D eigenvalue weighted by Gasteiger charge is 2.07. The van der Waals surface area contributed by atoms with Crippen LogP contribution in [-0.4, -0.2) is 13.1 Å². The van der Waals surface area contributed by atoms with Crippen LogP contribution in [0.3, 0.4) is 0 Å². The standard InChI is InChI=1S/C14H21NO2/c1-3-11-7-9-12(10-8-11)13(15)5-4-6-14(16)17-2/h7-10,13H,3-6,15H2,1-2H3. The van der Waals surface area contributed by atoms with Gasteiger partial charge in [0.2, 0.25) is 0 Å². The average Bonchev–Trinajstić information content (AvgIpc) is 2.38. The minimum absolute atomic E-state index is 0.00515. The molecule has 1 atom stereocenters. The molecular weight excluding hydrogens is 214 g/mol. The number of benzene rings is 1. The van der Waals surface area contributed by atoms with Crippen LogP contribution in [0.15, 0.2) is 24.3 Å². The fraction of sp³-hybridized carbons (Fsp3) is 0.500. The van der Waals surface area contributed by atoms with Crippen molar-refractivity contribution in [3.8, 4) is 0 Å². The second kappa shape index (κ2) is 7.07. The predicted octanol–water partition coefficient (Wildman–Crippen LogP) is 2.59. The van der Waals surface area contributed by atoms with Crippen molar-refractivity contribution in [3.05, 3.63) is 35.4 Å². The van der Waals surface area contributed by atoms with Gasteiger partial charge in [0.15, 0.2) is 0 Å². The number of aryl methyl sites for hydroxylation is 1. The van der Waals surface area contributed by atoms with Crippen molar-refractivity contribution in [1.82, 2.24) is 0 Å². The zero-order valence-electron chi connectivity index (χ0n) is 10.6. The van der Waals surface area contributed by atoms with E-state index in [4.69, 9.17) is 5.73 Å². The highest BCUT2D eigenvalue weighted by molar-refractivity contribution is 5.68. The summed E-state index contributed by atoms with van der Waals surface area (Å²) in [5.41, 5.74) is 8.51. The summed E-state index contributed by atoms with van der Waals surface area (Å²) in [6, 6.07) is 8.36. The van der Waals surface area contributed by atoms with Crippen molar-refractivity contribution in [3.63, 3.8) is 0 Å². The first-order valence-electron chi connectivity index (χ1n) is 6.08. The first kappa shape index (κ1) is 13.7. The fourth-order valence-electron chi connectivity index (χ4n) is 1.74. The molecule has 0 amide bonds. The smallest absolute Gasteiger partial charge is 0.305 e. The van der Waals surface area contributed by atoms with Gasteiger partial charge in [-0.15, -0.1) is 0 Å². The second-order valence-electron chi connectivity index (χ2n) is 4.17. The lowest BCUT2D eigenvalue weighted by Crippen LogP contribution is -2.11. The Bertz CT molecular complexity index is 346. The van der Waals surface area contributed by atoms with Crippen LogP contribution in [0.25, 0.3) is 0 Å². The highest BCUT2D eigenvalue weighted by Crippen LogP contribution is 2.17. The maximum Gasteiger partial charge on any atom is 0.305 e. The summed E-state index contributed by atoms with van der Waals surface area (Å²) < 4.78 is 4.59. The summed E-state index contributed by atoms with van der Waals surface area (Å²) in [4.78, 5) is 11.0. The van der Waals surface area contributed by atoms with Gasteiger partial charge in [-0.05, 0) is 30.4 Å². The third-order valence-electron chi connectivity index (χ3n) is 2.94. The molecule has 0 fully saturated rings. The first-order valence-corrected chi connectivity index (χ1v) is 6.08. The van der Waals surface area contributed by atoms with Crippen LogP contribution in [-0.2, 0) is 16.0 Å². The quantitative estimate of drug-likeness (QED) is 0.771. The molecule has 0 aliphatic heterocycles. The summed E-state index contributed by atoms with van der Waals surface area (Å²) in [6.45, 7) is 2.13. The largest absolute Gasteiger partial charge is 0.469 e. The molecule has 0 spiro atoms. The molecule has 0 aliphatic rings. The zero-order valence-corrected chi connectivity index (χ0v) is 10.6. The average molecular weight is 235 g/mol. The minimum atomic E-state index is -0.168. The Morgan fingerprint density at radius 2 is 2.00 bits per heavy atom. The molecule has 2 N–H and O–H groups in total. The molecule has 1 rings (SSSR count). The molecule has 17 heavy (non-hydrogen) atoms. The summed E-state index contributed by atoms with van der Waals surface area (Å²) in [5.74, 6) is -0.168. The molecule has 94 valence electrons. The molecule has 0 heterocycles. The monoisotopic (exact) mass is 235 g/mol. The maximum absolute atomic E-state index is 11.0. The van der Waals surface area contributed by atoms with Crippen molar-refractivity contribution >= 4 is 5.97 Å². The molecule has 0 bridgehead atoms. The summed E-state index contributed by atoms with van der Waals surface area (Å²) >= 11 is 0. The number of nitrogens with two attached hydrogens (primary N) is 1. The molecule has 1 unspecified atom stereocenters. The predicted molar refractivity (Wildman–Crippen MR) is 68.6 cm³/mol. The van der Waals surface area contributed by atoms with Crippen LogP contribution in [0.5, 0.6) is 0 Å². The number of carbonyl (C=O) groups excluding carboxylic acids is 1. The number of methoxy groups -OCH3 is 1. The van der Waals surface area contributed by atoms with E-state index in [1.807, 2.05) is 0 Å². The van der Waals surface area contributed by atoms with E-state index in [2.05, 4.69) is 35.9 Å². The van der Waals surface area contributed by atoms with E-state index in [1.54, 1.807) is 0 Å². The van der Waals surface area contributed by atoms with Gasteiger partial charge in [0, 0.05) is 12.5 Å². The normalized spacial score (nSPS) is 12.2. The van der Waals surface area contributed by atoms with Crippen LogP contribution < -0.4 is 5.73 Å². The Labute approximate surface area is 103 Å². The summed E-state index contributed by atoms with van der Waals surface area (Å²) in [7, 11) is 1.41. The third-order valence-corrected chi connectivity index (χ3v) is 2.94. The Morgan fingerprint density at radius 3 is 2.53 bits per heavy atom. The fourth-order valence-corrected chi connectivity index (χ4v) is 1.74. The van der Waals surface area contributed by atoms with Gasteiger partial charge < -0.3 is 10.5 Å². The van der Waals surface area contributed by atoms with E-state index >= 15 is 0 Å². The maximum atomic E-state index is 11.0. The van der Waals surface area contributed by atoms with Crippen molar-refractivity contribution < 1.29 is 9.53 Å². The van der Waals surface area contributed by atoms with Crippen molar-refractivity contribution in [1.29, 1.82) is 0 Å². The van der Waals surface area contributed by atoms with Gasteiger partial charge in [-0.2, -0.15) is 0 Å². The third kappa shape index (κ3) is 4.57. The van der Waals surface area contributed by atoms with Gasteiger partial charge >= 0.3 is 5.97 Å². The van der Waals surface area contributed by atoms with Crippen LogP contribution >= 0.6 is 0 Å². The van der Waals surface area contributed by atoms with Crippen molar-refractivity contribution in [2.24, 2.45) is 5.73 Å². The van der Waals surface area contributed by atoms with Gasteiger partial charge in [0.25, 0.3) is 0 Å². The SMILES string of the molecule is CCc1ccc(C(N)CCCC(=O)OC)cc1. The Kier molecular flexibility index (Phi) is 5.70. The van der Waals surface area contributed by atoms with Gasteiger partial charge in [0.1, 0.15) is 0 Å². The number of rotatable bonds is 6. The minimum Gasteiger partial charge on any atom is -0.469 e.